The monoisotopic (exact) mass is 220 g/mol. The molecule has 0 amide bonds. The van der Waals surface area contributed by atoms with Gasteiger partial charge in [-0.1, -0.05) is 0 Å². The lowest BCUT2D eigenvalue weighted by atomic mass is 10.2. The first-order valence-electron chi connectivity index (χ1n) is 5.04. The second kappa shape index (κ2) is 4.16. The van der Waals surface area contributed by atoms with Crippen LogP contribution in [-0.4, -0.2) is 49.5 Å². The molecule has 0 aromatic heterocycles. The summed E-state index contributed by atoms with van der Waals surface area (Å²) < 4.78 is 23.4. The summed E-state index contributed by atoms with van der Waals surface area (Å²) in [5, 5.41) is -0.519. The summed E-state index contributed by atoms with van der Waals surface area (Å²) in [5.74, 6) is 0. The average Bonchev–Trinajstić information content (AvgIpc) is 1.99. The van der Waals surface area contributed by atoms with Gasteiger partial charge in [0, 0.05) is 25.7 Å². The Morgan fingerprint density at radius 3 is 2.14 bits per heavy atom. The molecule has 84 valence electrons. The molecule has 2 N–H and O–H groups in total. The third-order valence-electron chi connectivity index (χ3n) is 2.70. The van der Waals surface area contributed by atoms with Gasteiger partial charge < -0.3 is 5.73 Å². The molecule has 1 fully saturated rings. The molecule has 1 rings (SSSR count). The predicted molar refractivity (Wildman–Crippen MR) is 57.9 cm³/mol. The number of rotatable bonds is 2. The topological polar surface area (TPSA) is 63.4 Å². The van der Waals surface area contributed by atoms with Gasteiger partial charge in [-0.25, -0.2) is 8.42 Å². The summed E-state index contributed by atoms with van der Waals surface area (Å²) in [5.41, 5.74) is 5.69. The van der Waals surface area contributed by atoms with Gasteiger partial charge >= 0.3 is 0 Å². The molecule has 0 bridgehead atoms. The minimum atomic E-state index is -2.89. The number of sulfone groups is 1. The van der Waals surface area contributed by atoms with E-state index in [-0.39, 0.29) is 16.5 Å². The zero-order valence-corrected chi connectivity index (χ0v) is 9.92. The molecule has 0 aromatic carbocycles. The summed E-state index contributed by atoms with van der Waals surface area (Å²) in [6.07, 6.45) is 0. The van der Waals surface area contributed by atoms with E-state index in [0.29, 0.717) is 13.1 Å². The maximum atomic E-state index is 11.7. The SMILES string of the molecule is CC1CN(C[C@@H](C)N)CC(C)S1(=O)=O. The van der Waals surface area contributed by atoms with E-state index in [0.717, 1.165) is 6.54 Å². The molecule has 0 aromatic rings. The number of hydrogen-bond donors (Lipinski definition) is 1. The molecule has 1 heterocycles. The van der Waals surface area contributed by atoms with Crippen molar-refractivity contribution in [2.75, 3.05) is 19.6 Å². The average molecular weight is 220 g/mol. The molecule has 1 aliphatic heterocycles. The highest BCUT2D eigenvalue weighted by Gasteiger charge is 2.35. The van der Waals surface area contributed by atoms with Gasteiger partial charge in [0.05, 0.1) is 10.5 Å². The summed E-state index contributed by atoms with van der Waals surface area (Å²) in [6, 6.07) is 0.107. The number of nitrogens with zero attached hydrogens (tertiary/aromatic N) is 1. The van der Waals surface area contributed by atoms with Crippen LogP contribution in [0.15, 0.2) is 0 Å². The van der Waals surface area contributed by atoms with Gasteiger partial charge in [-0.15, -0.1) is 0 Å². The van der Waals surface area contributed by atoms with E-state index in [4.69, 9.17) is 5.73 Å². The van der Waals surface area contributed by atoms with Crippen LogP contribution in [0.1, 0.15) is 20.8 Å². The van der Waals surface area contributed by atoms with Crippen LogP contribution in [0.5, 0.6) is 0 Å². The lowest BCUT2D eigenvalue weighted by Gasteiger charge is -2.35. The van der Waals surface area contributed by atoms with E-state index in [9.17, 15) is 8.42 Å². The molecule has 0 radical (unpaired) electrons. The maximum absolute atomic E-state index is 11.7. The maximum Gasteiger partial charge on any atom is 0.157 e. The van der Waals surface area contributed by atoms with Crippen molar-refractivity contribution < 1.29 is 8.42 Å². The van der Waals surface area contributed by atoms with E-state index >= 15 is 0 Å². The molecule has 14 heavy (non-hydrogen) atoms. The zero-order chi connectivity index (χ0) is 10.9. The Hall–Kier alpha value is -0.130. The van der Waals surface area contributed by atoms with Gasteiger partial charge in [0.2, 0.25) is 0 Å². The van der Waals surface area contributed by atoms with Crippen LogP contribution >= 0.6 is 0 Å². The fraction of sp³-hybridized carbons (Fsp3) is 1.00. The van der Waals surface area contributed by atoms with E-state index < -0.39 is 9.84 Å². The molecule has 3 atom stereocenters. The Labute approximate surface area is 86.4 Å². The van der Waals surface area contributed by atoms with Crippen LogP contribution in [0, 0.1) is 0 Å². The van der Waals surface area contributed by atoms with Crippen LogP contribution in [-0.2, 0) is 9.84 Å². The summed E-state index contributed by atoms with van der Waals surface area (Å²) in [6.45, 7) is 7.52. The van der Waals surface area contributed by atoms with Crippen LogP contribution in [0.3, 0.4) is 0 Å². The van der Waals surface area contributed by atoms with Crippen molar-refractivity contribution in [2.24, 2.45) is 5.73 Å². The molecule has 2 unspecified atom stereocenters. The van der Waals surface area contributed by atoms with E-state index in [2.05, 4.69) is 4.90 Å². The lowest BCUT2D eigenvalue weighted by Crippen LogP contribution is -2.52. The zero-order valence-electron chi connectivity index (χ0n) is 9.10. The second-order valence-corrected chi connectivity index (χ2v) is 7.19. The molecule has 1 saturated heterocycles. The first-order valence-corrected chi connectivity index (χ1v) is 6.65. The first kappa shape index (κ1) is 11.9. The number of nitrogens with two attached hydrogens (primary N) is 1. The minimum Gasteiger partial charge on any atom is -0.327 e. The first-order chi connectivity index (χ1) is 6.34. The highest BCUT2D eigenvalue weighted by molar-refractivity contribution is 7.92. The molecule has 1 aliphatic rings. The Morgan fingerprint density at radius 1 is 1.36 bits per heavy atom. The van der Waals surface area contributed by atoms with Crippen molar-refractivity contribution in [3.05, 3.63) is 0 Å². The standard InChI is InChI=1S/C9H20N2O2S/c1-7(10)4-11-5-8(2)14(12,13)9(3)6-11/h7-9H,4-6,10H2,1-3H3/t7-,8?,9?/m1/s1. The van der Waals surface area contributed by atoms with Crippen LogP contribution in [0.25, 0.3) is 0 Å². The highest BCUT2D eigenvalue weighted by atomic mass is 32.2. The third-order valence-corrected chi connectivity index (χ3v) is 5.24. The molecule has 4 nitrogen and oxygen atoms in total. The molecule has 0 spiro atoms. The van der Waals surface area contributed by atoms with Gasteiger partial charge in [-0.2, -0.15) is 0 Å². The van der Waals surface area contributed by atoms with Gasteiger partial charge in [0.25, 0.3) is 0 Å². The van der Waals surface area contributed by atoms with Crippen molar-refractivity contribution in [2.45, 2.75) is 37.3 Å². The van der Waals surface area contributed by atoms with Crippen molar-refractivity contribution in [1.29, 1.82) is 0 Å². The molecule has 0 aliphatic carbocycles. The molecular formula is C9H20N2O2S. The van der Waals surface area contributed by atoms with Gasteiger partial charge in [0.1, 0.15) is 0 Å². The Bertz CT molecular complexity index is 269. The summed E-state index contributed by atoms with van der Waals surface area (Å²) in [4.78, 5) is 2.14. The largest absolute Gasteiger partial charge is 0.327 e. The predicted octanol–water partition coefficient (Wildman–Crippen LogP) is -0.159. The fourth-order valence-electron chi connectivity index (χ4n) is 1.96. The van der Waals surface area contributed by atoms with Gasteiger partial charge in [-0.3, -0.25) is 4.90 Å². The van der Waals surface area contributed by atoms with Crippen LogP contribution in [0.4, 0.5) is 0 Å². The quantitative estimate of drug-likeness (QED) is 0.702. The van der Waals surface area contributed by atoms with Crippen LogP contribution in [0.2, 0.25) is 0 Å². The smallest absolute Gasteiger partial charge is 0.157 e. The third kappa shape index (κ3) is 2.46. The molecule has 0 saturated carbocycles. The van der Waals surface area contributed by atoms with Crippen LogP contribution < -0.4 is 5.73 Å². The second-order valence-electron chi connectivity index (χ2n) is 4.41. The Morgan fingerprint density at radius 2 is 1.79 bits per heavy atom. The van der Waals surface area contributed by atoms with Crippen molar-refractivity contribution in [1.82, 2.24) is 4.90 Å². The highest BCUT2D eigenvalue weighted by Crippen LogP contribution is 2.18. The van der Waals surface area contributed by atoms with E-state index in [1.807, 2.05) is 6.92 Å². The lowest BCUT2D eigenvalue weighted by molar-refractivity contribution is 0.249. The van der Waals surface area contributed by atoms with Gasteiger partial charge in [0.15, 0.2) is 9.84 Å². The number of hydrogen-bond acceptors (Lipinski definition) is 4. The summed E-state index contributed by atoms with van der Waals surface area (Å²) >= 11 is 0. The molecular weight excluding hydrogens is 200 g/mol. The van der Waals surface area contributed by atoms with Crippen molar-refractivity contribution in [3.8, 4) is 0 Å². The van der Waals surface area contributed by atoms with Crippen molar-refractivity contribution >= 4 is 9.84 Å². The van der Waals surface area contributed by atoms with E-state index in [1.54, 1.807) is 13.8 Å². The fourth-order valence-corrected chi connectivity index (χ4v) is 3.59. The summed E-state index contributed by atoms with van der Waals surface area (Å²) in [7, 11) is -2.89. The van der Waals surface area contributed by atoms with E-state index in [1.165, 1.54) is 0 Å². The Balaban J connectivity index is 2.66. The van der Waals surface area contributed by atoms with Crippen molar-refractivity contribution in [3.63, 3.8) is 0 Å². The van der Waals surface area contributed by atoms with Gasteiger partial charge in [-0.05, 0) is 20.8 Å². The molecule has 5 heteroatoms. The normalized spacial score (nSPS) is 35.4. The minimum absolute atomic E-state index is 0.107. The Kier molecular flexibility index (Phi) is 3.55.